The van der Waals surface area contributed by atoms with Crippen LogP contribution in [0.1, 0.15) is 19.5 Å². The van der Waals surface area contributed by atoms with Crippen molar-refractivity contribution in [1.82, 2.24) is 15.2 Å². The number of aromatic nitrogens is 1. The molecular weight excluding hydrogens is 234 g/mol. The molecule has 0 radical (unpaired) electrons. The molecule has 0 aromatic carbocycles. The Bertz CT molecular complexity index is 311. The SMILES string of the molecule is CC(C)CNCCN(C)Cc1ccc(Cl)cn1. The Kier molecular flexibility index (Phi) is 6.48. The number of nitrogens with zero attached hydrogens (tertiary/aromatic N) is 2. The summed E-state index contributed by atoms with van der Waals surface area (Å²) in [5.41, 5.74) is 1.06. The maximum Gasteiger partial charge on any atom is 0.0589 e. The van der Waals surface area contributed by atoms with Crippen LogP contribution in [-0.4, -0.2) is 36.6 Å². The van der Waals surface area contributed by atoms with Crippen LogP contribution in [0.3, 0.4) is 0 Å². The molecule has 0 fully saturated rings. The first-order valence-electron chi connectivity index (χ1n) is 6.07. The molecule has 1 heterocycles. The van der Waals surface area contributed by atoms with Gasteiger partial charge in [-0.15, -0.1) is 0 Å². The van der Waals surface area contributed by atoms with Gasteiger partial charge in [-0.05, 0) is 31.6 Å². The zero-order valence-corrected chi connectivity index (χ0v) is 11.7. The van der Waals surface area contributed by atoms with E-state index in [1.165, 1.54) is 0 Å². The van der Waals surface area contributed by atoms with Crippen molar-refractivity contribution in [2.24, 2.45) is 5.92 Å². The molecule has 0 saturated heterocycles. The first-order chi connectivity index (χ1) is 8.08. The number of pyridine rings is 1. The van der Waals surface area contributed by atoms with E-state index in [9.17, 15) is 0 Å². The smallest absolute Gasteiger partial charge is 0.0589 e. The summed E-state index contributed by atoms with van der Waals surface area (Å²) in [6.45, 7) is 8.41. The topological polar surface area (TPSA) is 28.2 Å². The summed E-state index contributed by atoms with van der Waals surface area (Å²) in [6.07, 6.45) is 1.70. The van der Waals surface area contributed by atoms with Gasteiger partial charge in [0.15, 0.2) is 0 Å². The van der Waals surface area contributed by atoms with E-state index in [1.54, 1.807) is 6.20 Å². The van der Waals surface area contributed by atoms with Crippen molar-refractivity contribution in [3.05, 3.63) is 29.0 Å². The fourth-order valence-corrected chi connectivity index (χ4v) is 1.63. The lowest BCUT2D eigenvalue weighted by Crippen LogP contribution is -2.31. The lowest BCUT2D eigenvalue weighted by atomic mass is 10.2. The average Bonchev–Trinajstić information content (AvgIpc) is 2.27. The van der Waals surface area contributed by atoms with Crippen molar-refractivity contribution < 1.29 is 0 Å². The Morgan fingerprint density at radius 2 is 2.18 bits per heavy atom. The lowest BCUT2D eigenvalue weighted by Gasteiger charge is -2.17. The monoisotopic (exact) mass is 255 g/mol. The standard InChI is InChI=1S/C13H22ClN3/c1-11(2)8-15-6-7-17(3)10-13-5-4-12(14)9-16-13/h4-5,9,11,15H,6-8,10H2,1-3H3. The van der Waals surface area contributed by atoms with Gasteiger partial charge >= 0.3 is 0 Å². The number of rotatable bonds is 7. The number of nitrogens with one attached hydrogen (secondary N) is 1. The molecule has 17 heavy (non-hydrogen) atoms. The molecule has 0 atom stereocenters. The average molecular weight is 256 g/mol. The molecule has 0 unspecified atom stereocenters. The molecule has 0 aliphatic heterocycles. The highest BCUT2D eigenvalue weighted by molar-refractivity contribution is 6.30. The van der Waals surface area contributed by atoms with E-state index in [0.717, 1.165) is 31.9 Å². The zero-order chi connectivity index (χ0) is 12.7. The van der Waals surface area contributed by atoms with E-state index in [-0.39, 0.29) is 0 Å². The molecule has 0 saturated carbocycles. The molecule has 4 heteroatoms. The first kappa shape index (κ1) is 14.4. The van der Waals surface area contributed by atoms with E-state index >= 15 is 0 Å². The van der Waals surface area contributed by atoms with Gasteiger partial charge in [-0.3, -0.25) is 9.88 Å². The highest BCUT2D eigenvalue weighted by Gasteiger charge is 2.01. The van der Waals surface area contributed by atoms with Crippen molar-refractivity contribution in [2.45, 2.75) is 20.4 Å². The molecule has 1 rings (SSSR count). The minimum Gasteiger partial charge on any atom is -0.315 e. The van der Waals surface area contributed by atoms with Crippen LogP contribution < -0.4 is 5.32 Å². The molecule has 0 spiro atoms. The van der Waals surface area contributed by atoms with Crippen molar-refractivity contribution in [3.63, 3.8) is 0 Å². The summed E-state index contributed by atoms with van der Waals surface area (Å²) in [6, 6.07) is 3.86. The summed E-state index contributed by atoms with van der Waals surface area (Å²) < 4.78 is 0. The third-order valence-corrected chi connectivity index (χ3v) is 2.67. The normalized spacial score (nSPS) is 11.4. The van der Waals surface area contributed by atoms with Crippen molar-refractivity contribution >= 4 is 11.6 Å². The maximum atomic E-state index is 5.79. The fourth-order valence-electron chi connectivity index (χ4n) is 1.52. The predicted octanol–water partition coefficient (Wildman–Crippen LogP) is 2.41. The molecule has 0 amide bonds. The van der Waals surface area contributed by atoms with Crippen molar-refractivity contribution in [3.8, 4) is 0 Å². The van der Waals surface area contributed by atoms with E-state index in [1.807, 2.05) is 12.1 Å². The fraction of sp³-hybridized carbons (Fsp3) is 0.615. The summed E-state index contributed by atoms with van der Waals surface area (Å²) in [7, 11) is 2.10. The van der Waals surface area contributed by atoms with Gasteiger partial charge in [-0.1, -0.05) is 25.4 Å². The molecular formula is C13H22ClN3. The van der Waals surface area contributed by atoms with Gasteiger partial charge in [0.2, 0.25) is 0 Å². The van der Waals surface area contributed by atoms with E-state index < -0.39 is 0 Å². The Labute approximate surface area is 109 Å². The second-order valence-electron chi connectivity index (χ2n) is 4.80. The minimum absolute atomic E-state index is 0.690. The second-order valence-corrected chi connectivity index (χ2v) is 5.24. The predicted molar refractivity (Wildman–Crippen MR) is 73.3 cm³/mol. The Hall–Kier alpha value is -0.640. The van der Waals surface area contributed by atoms with Crippen LogP contribution in [-0.2, 0) is 6.54 Å². The van der Waals surface area contributed by atoms with Crippen LogP contribution in [0.5, 0.6) is 0 Å². The van der Waals surface area contributed by atoms with Crippen LogP contribution in [0.25, 0.3) is 0 Å². The highest BCUT2D eigenvalue weighted by atomic mass is 35.5. The molecule has 1 N–H and O–H groups in total. The second kappa shape index (κ2) is 7.64. The van der Waals surface area contributed by atoms with Gasteiger partial charge in [-0.2, -0.15) is 0 Å². The zero-order valence-electron chi connectivity index (χ0n) is 10.9. The summed E-state index contributed by atoms with van der Waals surface area (Å²) in [5.74, 6) is 0.707. The lowest BCUT2D eigenvalue weighted by molar-refractivity contribution is 0.318. The number of hydrogen-bond donors (Lipinski definition) is 1. The van der Waals surface area contributed by atoms with Gasteiger partial charge in [0.05, 0.1) is 10.7 Å². The highest BCUT2D eigenvalue weighted by Crippen LogP contribution is 2.07. The summed E-state index contributed by atoms with van der Waals surface area (Å²) in [4.78, 5) is 6.53. The van der Waals surface area contributed by atoms with Crippen LogP contribution >= 0.6 is 11.6 Å². The third-order valence-electron chi connectivity index (χ3n) is 2.44. The maximum absolute atomic E-state index is 5.79. The van der Waals surface area contributed by atoms with Crippen LogP contribution in [0.15, 0.2) is 18.3 Å². The van der Waals surface area contributed by atoms with Crippen molar-refractivity contribution in [2.75, 3.05) is 26.7 Å². The molecule has 0 aliphatic carbocycles. The van der Waals surface area contributed by atoms with Crippen LogP contribution in [0, 0.1) is 5.92 Å². The number of likely N-dealkylation sites (N-methyl/N-ethyl adjacent to an activating group) is 1. The summed E-state index contributed by atoms with van der Waals surface area (Å²) in [5, 5.41) is 4.12. The van der Waals surface area contributed by atoms with Crippen LogP contribution in [0.4, 0.5) is 0 Å². The quantitative estimate of drug-likeness (QED) is 0.759. The Morgan fingerprint density at radius 1 is 1.41 bits per heavy atom. The molecule has 0 bridgehead atoms. The first-order valence-corrected chi connectivity index (χ1v) is 6.45. The summed E-state index contributed by atoms with van der Waals surface area (Å²) >= 11 is 5.79. The van der Waals surface area contributed by atoms with Crippen LogP contribution in [0.2, 0.25) is 5.02 Å². The van der Waals surface area contributed by atoms with E-state index in [2.05, 4.69) is 36.1 Å². The minimum atomic E-state index is 0.690. The molecule has 3 nitrogen and oxygen atoms in total. The number of hydrogen-bond acceptors (Lipinski definition) is 3. The molecule has 96 valence electrons. The Balaban J connectivity index is 2.20. The molecule has 0 aliphatic rings. The van der Waals surface area contributed by atoms with Gasteiger partial charge < -0.3 is 5.32 Å². The molecule has 1 aromatic rings. The number of halogens is 1. The Morgan fingerprint density at radius 3 is 2.76 bits per heavy atom. The third kappa shape index (κ3) is 6.61. The van der Waals surface area contributed by atoms with Gasteiger partial charge in [0.25, 0.3) is 0 Å². The van der Waals surface area contributed by atoms with Gasteiger partial charge in [-0.25, -0.2) is 0 Å². The molecule has 1 aromatic heterocycles. The van der Waals surface area contributed by atoms with Gasteiger partial charge in [0, 0.05) is 25.8 Å². The van der Waals surface area contributed by atoms with E-state index in [4.69, 9.17) is 11.6 Å². The largest absolute Gasteiger partial charge is 0.315 e. The van der Waals surface area contributed by atoms with E-state index in [0.29, 0.717) is 10.9 Å². The van der Waals surface area contributed by atoms with Gasteiger partial charge in [0.1, 0.15) is 0 Å². The van der Waals surface area contributed by atoms with Crippen molar-refractivity contribution in [1.29, 1.82) is 0 Å².